The lowest BCUT2D eigenvalue weighted by molar-refractivity contribution is 0.102. The van der Waals surface area contributed by atoms with Crippen molar-refractivity contribution in [3.8, 4) is 5.75 Å². The summed E-state index contributed by atoms with van der Waals surface area (Å²) < 4.78 is 66.3. The van der Waals surface area contributed by atoms with E-state index in [0.29, 0.717) is 22.5 Å². The first-order valence-corrected chi connectivity index (χ1v) is 16.5. The minimum atomic E-state index is -4.90. The van der Waals surface area contributed by atoms with Crippen LogP contribution in [-0.4, -0.2) is 37.0 Å². The highest BCUT2D eigenvalue weighted by atomic mass is 35.5. The highest BCUT2D eigenvalue weighted by molar-refractivity contribution is 7.86. The van der Waals surface area contributed by atoms with Crippen LogP contribution in [0, 0.1) is 6.92 Å². The fraction of sp³-hybridized carbons (Fsp3) is 0.0333. The number of aromatic hydroxyl groups is 1. The topological polar surface area (TPSA) is 234 Å². The molecule has 0 saturated carbocycles. The predicted octanol–water partition coefficient (Wildman–Crippen LogP) is 7.67. The van der Waals surface area contributed by atoms with Gasteiger partial charge in [-0.05, 0) is 96.7 Å². The van der Waals surface area contributed by atoms with Crippen LogP contribution in [0.2, 0.25) is 5.02 Å². The third kappa shape index (κ3) is 7.59. The molecule has 0 heterocycles. The SMILES string of the molecule is Cc1cc(N=Nc2c(S(=O)(=O)O)cc3cc(NC(=O)c4cccc(N)c4)ccc3c2O)ccc1N=Nc1ccc(S(=O)(=O)O)cc1Cl. The molecule has 0 saturated heterocycles. The number of azo groups is 2. The summed E-state index contributed by atoms with van der Waals surface area (Å²) in [5, 5.41) is 30.0. The van der Waals surface area contributed by atoms with Crippen molar-refractivity contribution in [3.63, 3.8) is 0 Å². The highest BCUT2D eigenvalue weighted by Crippen LogP contribution is 2.42. The number of amides is 1. The molecule has 0 radical (unpaired) electrons. The lowest BCUT2D eigenvalue weighted by Crippen LogP contribution is -2.12. The number of anilines is 2. The van der Waals surface area contributed by atoms with E-state index >= 15 is 0 Å². The van der Waals surface area contributed by atoms with Gasteiger partial charge in [0, 0.05) is 22.3 Å². The molecule has 0 fully saturated rings. The van der Waals surface area contributed by atoms with Crippen molar-refractivity contribution in [2.45, 2.75) is 16.7 Å². The first-order valence-electron chi connectivity index (χ1n) is 13.3. The molecule has 14 nitrogen and oxygen atoms in total. The van der Waals surface area contributed by atoms with Crippen LogP contribution in [0.5, 0.6) is 5.75 Å². The number of hydrogen-bond donors (Lipinski definition) is 5. The van der Waals surface area contributed by atoms with Gasteiger partial charge in [-0.2, -0.15) is 27.1 Å². The molecule has 0 atom stereocenters. The van der Waals surface area contributed by atoms with Crippen LogP contribution in [0.4, 0.5) is 34.1 Å². The molecule has 1 amide bonds. The van der Waals surface area contributed by atoms with Crippen LogP contribution in [0.1, 0.15) is 15.9 Å². The average Bonchev–Trinajstić information content (AvgIpc) is 2.99. The number of fused-ring (bicyclic) bond motifs is 1. The summed E-state index contributed by atoms with van der Waals surface area (Å²) in [5.74, 6) is -1.05. The maximum Gasteiger partial charge on any atom is 0.296 e. The zero-order chi connectivity index (χ0) is 34.1. The van der Waals surface area contributed by atoms with Crippen molar-refractivity contribution in [1.82, 2.24) is 0 Å². The Hall–Kier alpha value is -5.26. The number of aryl methyl sites for hydroxylation is 1. The number of phenols is 1. The Labute approximate surface area is 272 Å². The number of hydrogen-bond acceptors (Lipinski definition) is 11. The van der Waals surface area contributed by atoms with E-state index in [1.807, 2.05) is 0 Å². The first-order chi connectivity index (χ1) is 22.1. The van der Waals surface area contributed by atoms with Crippen molar-refractivity contribution in [1.29, 1.82) is 0 Å². The summed E-state index contributed by atoms with van der Waals surface area (Å²) in [6.45, 7) is 1.68. The molecule has 6 N–H and O–H groups in total. The van der Waals surface area contributed by atoms with Gasteiger partial charge in [-0.3, -0.25) is 13.9 Å². The largest absolute Gasteiger partial charge is 0.505 e. The van der Waals surface area contributed by atoms with E-state index in [9.17, 15) is 31.3 Å². The van der Waals surface area contributed by atoms with Gasteiger partial charge in [-0.1, -0.05) is 17.7 Å². The fourth-order valence-corrected chi connectivity index (χ4v) is 5.81. The van der Waals surface area contributed by atoms with E-state index in [2.05, 4.69) is 25.8 Å². The molecule has 47 heavy (non-hydrogen) atoms. The number of nitrogens with zero attached hydrogens (tertiary/aromatic N) is 4. The number of carbonyl (C=O) groups excluding carboxylic acids is 1. The molecular weight excluding hydrogens is 672 g/mol. The van der Waals surface area contributed by atoms with Crippen LogP contribution in [0.3, 0.4) is 0 Å². The zero-order valence-electron chi connectivity index (χ0n) is 24.0. The molecule has 0 unspecified atom stereocenters. The van der Waals surface area contributed by atoms with Gasteiger partial charge >= 0.3 is 0 Å². The van der Waals surface area contributed by atoms with Crippen molar-refractivity contribution in [2.75, 3.05) is 11.1 Å². The number of halogens is 1. The van der Waals surface area contributed by atoms with Crippen molar-refractivity contribution >= 4 is 82.6 Å². The van der Waals surface area contributed by atoms with E-state index in [0.717, 1.165) is 18.2 Å². The smallest absolute Gasteiger partial charge is 0.296 e. The molecule has 0 aliphatic heterocycles. The van der Waals surface area contributed by atoms with Crippen LogP contribution in [0.15, 0.2) is 115 Å². The van der Waals surface area contributed by atoms with Gasteiger partial charge < -0.3 is 16.2 Å². The summed E-state index contributed by atoms with van der Waals surface area (Å²) in [7, 11) is -9.34. The van der Waals surface area contributed by atoms with Gasteiger partial charge in [0.1, 0.15) is 16.3 Å². The first kappa shape index (κ1) is 33.1. The standard InChI is InChI=1S/C30H23ClN6O8S2/c1-16-11-21(6-9-25(16)35-36-26-10-7-22(15-24(26)31)46(40,41)42)34-37-28-27(47(43,44)45)14-18-13-20(5-8-23(18)29(28)38)33-30(39)17-3-2-4-19(32)12-17/h2-15,38H,32H2,1H3,(H,33,39)(H,40,41,42)(H,43,44,45). The van der Waals surface area contributed by atoms with Gasteiger partial charge in [0.2, 0.25) is 0 Å². The Bertz CT molecular complexity index is 2360. The normalized spacial score (nSPS) is 12.3. The minimum absolute atomic E-state index is 0.0597. The number of nitrogens with two attached hydrogens (primary N) is 1. The summed E-state index contributed by atoms with van der Waals surface area (Å²) in [6.07, 6.45) is 0. The second-order valence-electron chi connectivity index (χ2n) is 10.0. The van der Waals surface area contributed by atoms with Crippen molar-refractivity contribution in [2.24, 2.45) is 20.5 Å². The quantitative estimate of drug-likeness (QED) is 0.0608. The number of benzene rings is 5. The van der Waals surface area contributed by atoms with Gasteiger partial charge in [-0.15, -0.1) is 10.2 Å². The van der Waals surface area contributed by atoms with Gasteiger partial charge in [0.05, 0.1) is 21.3 Å². The molecular formula is C30H23ClN6O8S2. The Morgan fingerprint density at radius 2 is 1.53 bits per heavy atom. The number of carbonyl (C=O) groups is 1. The van der Waals surface area contributed by atoms with E-state index in [4.69, 9.17) is 21.9 Å². The lowest BCUT2D eigenvalue weighted by atomic mass is 10.1. The Morgan fingerprint density at radius 3 is 2.19 bits per heavy atom. The number of phenolic OH excluding ortho intramolecular Hbond substituents is 1. The van der Waals surface area contributed by atoms with Crippen LogP contribution >= 0.6 is 11.6 Å². The zero-order valence-corrected chi connectivity index (χ0v) is 26.4. The molecule has 0 aromatic heterocycles. The number of nitrogens with one attached hydrogen (secondary N) is 1. The molecule has 17 heteroatoms. The van der Waals surface area contributed by atoms with Crippen LogP contribution in [0.25, 0.3) is 10.8 Å². The second kappa shape index (κ2) is 12.9. The van der Waals surface area contributed by atoms with Gasteiger partial charge in [0.15, 0.2) is 5.75 Å². The van der Waals surface area contributed by atoms with E-state index in [-0.39, 0.29) is 32.9 Å². The Morgan fingerprint density at radius 1 is 0.809 bits per heavy atom. The van der Waals surface area contributed by atoms with Gasteiger partial charge in [0.25, 0.3) is 26.1 Å². The monoisotopic (exact) mass is 694 g/mol. The summed E-state index contributed by atoms with van der Waals surface area (Å²) in [4.78, 5) is 11.5. The highest BCUT2D eigenvalue weighted by Gasteiger charge is 2.22. The molecule has 5 aromatic rings. The number of rotatable bonds is 8. The van der Waals surface area contributed by atoms with E-state index in [1.165, 1.54) is 42.5 Å². The van der Waals surface area contributed by atoms with Crippen molar-refractivity contribution < 1.29 is 35.8 Å². The van der Waals surface area contributed by atoms with Crippen LogP contribution < -0.4 is 11.1 Å². The molecule has 5 aromatic carbocycles. The maximum atomic E-state index is 12.6. The lowest BCUT2D eigenvalue weighted by Gasteiger charge is -2.11. The summed E-state index contributed by atoms with van der Waals surface area (Å²) in [6, 6.07) is 19.7. The predicted molar refractivity (Wildman–Crippen MR) is 175 cm³/mol. The second-order valence-corrected chi connectivity index (χ2v) is 13.2. The van der Waals surface area contributed by atoms with E-state index in [1.54, 1.807) is 31.2 Å². The Kier molecular flexibility index (Phi) is 9.06. The Balaban J connectivity index is 1.42. The summed E-state index contributed by atoms with van der Waals surface area (Å²) in [5.41, 5.74) is 7.51. The fourth-order valence-electron chi connectivity index (χ4n) is 4.36. The molecule has 0 spiro atoms. The minimum Gasteiger partial charge on any atom is -0.505 e. The van der Waals surface area contributed by atoms with Gasteiger partial charge in [-0.25, -0.2) is 0 Å². The number of nitrogen functional groups attached to an aromatic ring is 1. The van der Waals surface area contributed by atoms with Crippen molar-refractivity contribution in [3.05, 3.63) is 101 Å². The summed E-state index contributed by atoms with van der Waals surface area (Å²) >= 11 is 6.06. The average molecular weight is 695 g/mol. The molecule has 0 aliphatic carbocycles. The van der Waals surface area contributed by atoms with E-state index < -0.39 is 47.4 Å². The molecule has 240 valence electrons. The third-order valence-corrected chi connectivity index (χ3v) is 8.68. The molecule has 5 rings (SSSR count). The molecule has 0 bridgehead atoms. The van der Waals surface area contributed by atoms with Crippen LogP contribution in [-0.2, 0) is 20.2 Å². The maximum absolute atomic E-state index is 12.6. The molecule has 0 aliphatic rings. The third-order valence-electron chi connectivity index (χ3n) is 6.66.